The maximum atomic E-state index is 4.29. The first-order valence-corrected chi connectivity index (χ1v) is 5.61. The van der Waals surface area contributed by atoms with Gasteiger partial charge in [-0.2, -0.15) is 0 Å². The molecule has 0 radical (unpaired) electrons. The minimum absolute atomic E-state index is 0.618. The lowest BCUT2D eigenvalue weighted by molar-refractivity contribution is 0.198. The van der Waals surface area contributed by atoms with Gasteiger partial charge in [0.2, 0.25) is 0 Å². The van der Waals surface area contributed by atoms with Gasteiger partial charge < -0.3 is 5.32 Å². The molecule has 0 aliphatic carbocycles. The van der Waals surface area contributed by atoms with Crippen molar-refractivity contribution in [2.24, 2.45) is 0 Å². The Morgan fingerprint density at radius 1 is 1.77 bits per heavy atom. The molecule has 0 aromatic carbocycles. The molecule has 1 aliphatic heterocycles. The molecule has 4 heteroatoms. The van der Waals surface area contributed by atoms with E-state index in [9.17, 15) is 0 Å². The van der Waals surface area contributed by atoms with Gasteiger partial charge in [-0.05, 0) is 6.92 Å². The molecule has 1 aromatic rings. The summed E-state index contributed by atoms with van der Waals surface area (Å²) in [5.74, 6) is 0. The van der Waals surface area contributed by atoms with E-state index in [1.165, 1.54) is 5.69 Å². The van der Waals surface area contributed by atoms with Gasteiger partial charge in [-0.1, -0.05) is 0 Å². The Labute approximate surface area is 82.8 Å². The molecular formula is C9H15N3S. The lowest BCUT2D eigenvalue weighted by Crippen LogP contribution is -2.48. The van der Waals surface area contributed by atoms with Crippen molar-refractivity contribution in [1.29, 1.82) is 0 Å². The van der Waals surface area contributed by atoms with E-state index in [-0.39, 0.29) is 0 Å². The topological polar surface area (TPSA) is 28.2 Å². The van der Waals surface area contributed by atoms with Crippen molar-refractivity contribution in [1.82, 2.24) is 15.2 Å². The Bertz CT molecular complexity index is 247. The van der Waals surface area contributed by atoms with Crippen molar-refractivity contribution in [3.05, 3.63) is 16.6 Å². The van der Waals surface area contributed by atoms with Crippen LogP contribution in [0.2, 0.25) is 0 Å². The molecule has 13 heavy (non-hydrogen) atoms. The van der Waals surface area contributed by atoms with Crippen molar-refractivity contribution in [3.63, 3.8) is 0 Å². The molecule has 2 rings (SSSR count). The fraction of sp³-hybridized carbons (Fsp3) is 0.667. The smallest absolute Gasteiger partial charge is 0.0795 e. The summed E-state index contributed by atoms with van der Waals surface area (Å²) < 4.78 is 0. The highest BCUT2D eigenvalue weighted by Gasteiger charge is 2.15. The van der Waals surface area contributed by atoms with E-state index >= 15 is 0 Å². The largest absolute Gasteiger partial charge is 0.312 e. The van der Waals surface area contributed by atoms with Gasteiger partial charge >= 0.3 is 0 Å². The van der Waals surface area contributed by atoms with Gasteiger partial charge in [0.15, 0.2) is 0 Å². The maximum Gasteiger partial charge on any atom is 0.0795 e. The molecule has 3 nitrogen and oxygen atoms in total. The van der Waals surface area contributed by atoms with Gasteiger partial charge in [-0.3, -0.25) is 4.90 Å². The standard InChI is InChI=1S/C9H15N3S/c1-8-4-12(3-2-10-8)5-9-6-13-7-11-9/h6-8,10H,2-5H2,1H3. The van der Waals surface area contributed by atoms with Gasteiger partial charge in [0, 0.05) is 37.6 Å². The highest BCUT2D eigenvalue weighted by molar-refractivity contribution is 7.07. The van der Waals surface area contributed by atoms with E-state index in [1.807, 2.05) is 5.51 Å². The highest BCUT2D eigenvalue weighted by Crippen LogP contribution is 2.07. The Kier molecular flexibility index (Phi) is 2.93. The maximum absolute atomic E-state index is 4.29. The van der Waals surface area contributed by atoms with Crippen molar-refractivity contribution >= 4 is 11.3 Å². The summed E-state index contributed by atoms with van der Waals surface area (Å²) in [6.45, 7) is 6.62. The number of rotatable bonds is 2. The zero-order valence-corrected chi connectivity index (χ0v) is 8.68. The normalized spacial score (nSPS) is 24.8. The van der Waals surface area contributed by atoms with Crippen LogP contribution in [-0.4, -0.2) is 35.6 Å². The zero-order chi connectivity index (χ0) is 9.10. The summed E-state index contributed by atoms with van der Waals surface area (Å²) in [4.78, 5) is 6.75. The van der Waals surface area contributed by atoms with Crippen molar-refractivity contribution in [2.75, 3.05) is 19.6 Å². The summed E-state index contributed by atoms with van der Waals surface area (Å²) in [5, 5.41) is 5.56. The predicted molar refractivity (Wildman–Crippen MR) is 54.9 cm³/mol. The van der Waals surface area contributed by atoms with Gasteiger partial charge in [0.1, 0.15) is 0 Å². The van der Waals surface area contributed by atoms with E-state index < -0.39 is 0 Å². The van der Waals surface area contributed by atoms with Gasteiger partial charge in [0.05, 0.1) is 11.2 Å². The van der Waals surface area contributed by atoms with Crippen molar-refractivity contribution < 1.29 is 0 Å². The SMILES string of the molecule is CC1CN(Cc2cscn2)CCN1. The molecule has 1 aliphatic rings. The first kappa shape index (κ1) is 9.12. The second kappa shape index (κ2) is 4.17. The van der Waals surface area contributed by atoms with Crippen LogP contribution in [0.15, 0.2) is 10.9 Å². The van der Waals surface area contributed by atoms with Crippen LogP contribution in [0.3, 0.4) is 0 Å². The van der Waals surface area contributed by atoms with Crippen LogP contribution >= 0.6 is 11.3 Å². The molecule has 1 saturated heterocycles. The lowest BCUT2D eigenvalue weighted by atomic mass is 10.2. The molecule has 1 N–H and O–H groups in total. The van der Waals surface area contributed by atoms with E-state index in [1.54, 1.807) is 11.3 Å². The minimum atomic E-state index is 0.618. The average Bonchev–Trinajstić information content (AvgIpc) is 2.57. The van der Waals surface area contributed by atoms with Crippen LogP contribution in [0.25, 0.3) is 0 Å². The fourth-order valence-corrected chi connectivity index (χ4v) is 2.25. The predicted octanol–water partition coefficient (Wildman–Crippen LogP) is 0.937. The lowest BCUT2D eigenvalue weighted by Gasteiger charge is -2.31. The van der Waals surface area contributed by atoms with E-state index in [4.69, 9.17) is 0 Å². The van der Waals surface area contributed by atoms with E-state index in [0.29, 0.717) is 6.04 Å². The molecule has 0 saturated carbocycles. The summed E-state index contributed by atoms with van der Waals surface area (Å²) >= 11 is 1.68. The number of thiazole rings is 1. The molecule has 1 atom stereocenters. The van der Waals surface area contributed by atoms with Gasteiger partial charge in [0.25, 0.3) is 0 Å². The van der Waals surface area contributed by atoms with Crippen molar-refractivity contribution in [3.8, 4) is 0 Å². The first-order chi connectivity index (χ1) is 6.34. The van der Waals surface area contributed by atoms with Crippen LogP contribution in [0.1, 0.15) is 12.6 Å². The van der Waals surface area contributed by atoms with E-state index in [0.717, 1.165) is 26.2 Å². The molecule has 1 fully saturated rings. The van der Waals surface area contributed by atoms with Gasteiger partial charge in [-0.25, -0.2) is 4.98 Å². The van der Waals surface area contributed by atoms with Crippen molar-refractivity contribution in [2.45, 2.75) is 19.5 Å². The third-order valence-corrected chi connectivity index (χ3v) is 2.96. The first-order valence-electron chi connectivity index (χ1n) is 4.67. The third-order valence-electron chi connectivity index (χ3n) is 2.32. The number of nitrogens with one attached hydrogen (secondary N) is 1. The Morgan fingerprint density at radius 3 is 3.38 bits per heavy atom. The molecule has 1 aromatic heterocycles. The molecule has 72 valence electrons. The van der Waals surface area contributed by atoms with Gasteiger partial charge in [-0.15, -0.1) is 11.3 Å². The number of hydrogen-bond acceptors (Lipinski definition) is 4. The number of nitrogens with zero attached hydrogens (tertiary/aromatic N) is 2. The van der Waals surface area contributed by atoms with Crippen LogP contribution in [0.5, 0.6) is 0 Å². The summed E-state index contributed by atoms with van der Waals surface area (Å²) in [7, 11) is 0. The molecular weight excluding hydrogens is 182 g/mol. The Morgan fingerprint density at radius 2 is 2.69 bits per heavy atom. The van der Waals surface area contributed by atoms with Crippen LogP contribution < -0.4 is 5.32 Å². The zero-order valence-electron chi connectivity index (χ0n) is 7.86. The summed E-state index contributed by atoms with van der Waals surface area (Å²) in [6, 6.07) is 0.618. The second-order valence-electron chi connectivity index (χ2n) is 3.57. The average molecular weight is 197 g/mol. The van der Waals surface area contributed by atoms with Crippen LogP contribution in [0, 0.1) is 0 Å². The molecule has 0 amide bonds. The monoisotopic (exact) mass is 197 g/mol. The number of aromatic nitrogens is 1. The highest BCUT2D eigenvalue weighted by atomic mass is 32.1. The summed E-state index contributed by atoms with van der Waals surface area (Å²) in [6.07, 6.45) is 0. The summed E-state index contributed by atoms with van der Waals surface area (Å²) in [5.41, 5.74) is 3.11. The fourth-order valence-electron chi connectivity index (χ4n) is 1.70. The molecule has 0 spiro atoms. The van der Waals surface area contributed by atoms with Crippen LogP contribution in [0.4, 0.5) is 0 Å². The molecule has 1 unspecified atom stereocenters. The van der Waals surface area contributed by atoms with E-state index in [2.05, 4.69) is 27.5 Å². The number of piperazine rings is 1. The third kappa shape index (κ3) is 2.49. The second-order valence-corrected chi connectivity index (χ2v) is 4.29. The van der Waals surface area contributed by atoms with Crippen LogP contribution in [-0.2, 0) is 6.54 Å². The Balaban J connectivity index is 1.87. The Hall–Kier alpha value is -0.450. The number of hydrogen-bond donors (Lipinski definition) is 1. The molecule has 2 heterocycles. The quantitative estimate of drug-likeness (QED) is 0.764. The minimum Gasteiger partial charge on any atom is -0.312 e. The molecule has 0 bridgehead atoms.